The quantitative estimate of drug-likeness (QED) is 0.681. The summed E-state index contributed by atoms with van der Waals surface area (Å²) in [4.78, 5) is 2.63. The molecule has 1 saturated heterocycles. The van der Waals surface area contributed by atoms with Gasteiger partial charge in [0.25, 0.3) is 0 Å². The van der Waals surface area contributed by atoms with Gasteiger partial charge in [-0.2, -0.15) is 0 Å². The number of aliphatic hydroxyl groups is 1. The fraction of sp³-hybridized carbons (Fsp3) is 1.00. The van der Waals surface area contributed by atoms with Crippen LogP contribution in [0.3, 0.4) is 0 Å². The molecule has 2 atom stereocenters. The molecule has 2 unspecified atom stereocenters. The van der Waals surface area contributed by atoms with E-state index in [1.165, 1.54) is 38.8 Å². The summed E-state index contributed by atoms with van der Waals surface area (Å²) >= 11 is 0. The van der Waals surface area contributed by atoms with Gasteiger partial charge >= 0.3 is 0 Å². The Morgan fingerprint density at radius 1 is 1.22 bits per heavy atom. The van der Waals surface area contributed by atoms with E-state index in [1.54, 1.807) is 0 Å². The molecule has 1 aliphatic carbocycles. The molecule has 0 aromatic heterocycles. The summed E-state index contributed by atoms with van der Waals surface area (Å²) in [5.74, 6) is 1.93. The van der Waals surface area contributed by atoms with Crippen LogP contribution in [-0.2, 0) is 0 Å². The highest BCUT2D eigenvalue weighted by atomic mass is 16.3. The molecule has 1 heterocycles. The number of nitrogens with zero attached hydrogens (tertiary/aromatic N) is 1. The average Bonchev–Trinajstić information content (AvgIpc) is 3.13. The van der Waals surface area contributed by atoms with E-state index < -0.39 is 0 Å². The predicted molar refractivity (Wildman–Crippen MR) is 75.7 cm³/mol. The standard InChI is InChI=1S/C15H30N2O/c1-12(2)17-10-14(8-13-4-5-13)9-15(11-17)16-6-3-7-18/h12-16,18H,3-11H2,1-2H3. The van der Waals surface area contributed by atoms with Crippen LogP contribution in [0.4, 0.5) is 0 Å². The van der Waals surface area contributed by atoms with Gasteiger partial charge in [-0.25, -0.2) is 0 Å². The van der Waals surface area contributed by atoms with E-state index in [0.29, 0.717) is 18.7 Å². The van der Waals surface area contributed by atoms with Crippen molar-refractivity contribution in [3.63, 3.8) is 0 Å². The lowest BCUT2D eigenvalue weighted by Crippen LogP contribution is -2.51. The van der Waals surface area contributed by atoms with E-state index in [4.69, 9.17) is 5.11 Å². The molecule has 0 amide bonds. The SMILES string of the molecule is CC(C)N1CC(CC2CC2)CC(NCCCO)C1. The number of hydrogen-bond donors (Lipinski definition) is 2. The first-order chi connectivity index (χ1) is 8.69. The van der Waals surface area contributed by atoms with Crippen LogP contribution in [-0.4, -0.2) is 48.3 Å². The molecule has 0 radical (unpaired) electrons. The molecule has 2 rings (SSSR count). The Hall–Kier alpha value is -0.120. The van der Waals surface area contributed by atoms with Gasteiger partial charge in [-0.05, 0) is 51.5 Å². The van der Waals surface area contributed by atoms with Gasteiger partial charge < -0.3 is 10.4 Å². The molecule has 2 fully saturated rings. The molecule has 0 aromatic carbocycles. The second-order valence-electron chi connectivity index (χ2n) is 6.56. The lowest BCUT2D eigenvalue weighted by molar-refractivity contribution is 0.104. The van der Waals surface area contributed by atoms with E-state index in [2.05, 4.69) is 24.1 Å². The lowest BCUT2D eigenvalue weighted by Gasteiger charge is -2.40. The van der Waals surface area contributed by atoms with Crippen LogP contribution in [0.25, 0.3) is 0 Å². The van der Waals surface area contributed by atoms with Crippen molar-refractivity contribution in [3.8, 4) is 0 Å². The smallest absolute Gasteiger partial charge is 0.0443 e. The first-order valence-electron chi connectivity index (χ1n) is 7.77. The highest BCUT2D eigenvalue weighted by Gasteiger charge is 2.32. The molecule has 0 bridgehead atoms. The van der Waals surface area contributed by atoms with E-state index >= 15 is 0 Å². The lowest BCUT2D eigenvalue weighted by atomic mass is 9.89. The third-order valence-electron chi connectivity index (χ3n) is 4.43. The summed E-state index contributed by atoms with van der Waals surface area (Å²) in [5.41, 5.74) is 0. The Labute approximate surface area is 112 Å². The second-order valence-corrected chi connectivity index (χ2v) is 6.56. The molecule has 3 heteroatoms. The third kappa shape index (κ3) is 4.52. The number of nitrogens with one attached hydrogen (secondary N) is 1. The van der Waals surface area contributed by atoms with Crippen molar-refractivity contribution < 1.29 is 5.11 Å². The monoisotopic (exact) mass is 254 g/mol. The molecular formula is C15H30N2O. The fourth-order valence-electron chi connectivity index (χ4n) is 3.19. The summed E-state index contributed by atoms with van der Waals surface area (Å²) in [5, 5.41) is 12.5. The molecule has 0 aromatic rings. The maximum atomic E-state index is 8.86. The van der Waals surface area contributed by atoms with Gasteiger partial charge in [-0.15, -0.1) is 0 Å². The summed E-state index contributed by atoms with van der Waals surface area (Å²) in [7, 11) is 0. The van der Waals surface area contributed by atoms with Crippen LogP contribution in [0, 0.1) is 11.8 Å². The summed E-state index contributed by atoms with van der Waals surface area (Å²) in [6, 6.07) is 1.30. The zero-order valence-electron chi connectivity index (χ0n) is 12.1. The highest BCUT2D eigenvalue weighted by Crippen LogP contribution is 2.38. The van der Waals surface area contributed by atoms with Gasteiger partial charge in [-0.3, -0.25) is 4.90 Å². The first kappa shape index (κ1) is 14.3. The zero-order valence-corrected chi connectivity index (χ0v) is 12.1. The topological polar surface area (TPSA) is 35.5 Å². The Kier molecular flexibility index (Phi) is 5.46. The zero-order chi connectivity index (χ0) is 13.0. The van der Waals surface area contributed by atoms with E-state index in [-0.39, 0.29) is 0 Å². The molecule has 2 aliphatic rings. The average molecular weight is 254 g/mol. The van der Waals surface area contributed by atoms with Crippen molar-refractivity contribution in [2.75, 3.05) is 26.2 Å². The van der Waals surface area contributed by atoms with Crippen molar-refractivity contribution in [1.29, 1.82) is 0 Å². The predicted octanol–water partition coefficient (Wildman–Crippen LogP) is 1.86. The van der Waals surface area contributed by atoms with Gasteiger partial charge in [0, 0.05) is 31.8 Å². The molecule has 2 N–H and O–H groups in total. The minimum Gasteiger partial charge on any atom is -0.396 e. The Balaban J connectivity index is 1.80. The summed E-state index contributed by atoms with van der Waals surface area (Å²) in [6.45, 7) is 8.37. The number of aliphatic hydroxyl groups excluding tert-OH is 1. The number of likely N-dealkylation sites (tertiary alicyclic amines) is 1. The van der Waals surface area contributed by atoms with Gasteiger partial charge in [0.2, 0.25) is 0 Å². The van der Waals surface area contributed by atoms with Gasteiger partial charge in [0.1, 0.15) is 0 Å². The maximum Gasteiger partial charge on any atom is 0.0443 e. The van der Waals surface area contributed by atoms with Crippen molar-refractivity contribution in [3.05, 3.63) is 0 Å². The van der Waals surface area contributed by atoms with Crippen LogP contribution in [0.5, 0.6) is 0 Å². The molecule has 1 aliphatic heterocycles. The minimum absolute atomic E-state index is 0.305. The van der Waals surface area contributed by atoms with Crippen LogP contribution in [0.1, 0.15) is 46.0 Å². The molecule has 106 valence electrons. The Morgan fingerprint density at radius 2 is 2.00 bits per heavy atom. The molecule has 3 nitrogen and oxygen atoms in total. The van der Waals surface area contributed by atoms with Crippen LogP contribution >= 0.6 is 0 Å². The summed E-state index contributed by atoms with van der Waals surface area (Å²) < 4.78 is 0. The Bertz CT molecular complexity index is 241. The normalized spacial score (nSPS) is 30.0. The van der Waals surface area contributed by atoms with Gasteiger partial charge in [-0.1, -0.05) is 12.8 Å². The molecule has 1 saturated carbocycles. The fourth-order valence-corrected chi connectivity index (χ4v) is 3.19. The minimum atomic E-state index is 0.305. The van der Waals surface area contributed by atoms with Crippen molar-refractivity contribution in [2.24, 2.45) is 11.8 Å². The van der Waals surface area contributed by atoms with Crippen LogP contribution in [0.15, 0.2) is 0 Å². The van der Waals surface area contributed by atoms with Crippen LogP contribution in [0.2, 0.25) is 0 Å². The third-order valence-corrected chi connectivity index (χ3v) is 4.43. The number of piperidine rings is 1. The first-order valence-corrected chi connectivity index (χ1v) is 7.77. The van der Waals surface area contributed by atoms with E-state index in [0.717, 1.165) is 24.8 Å². The Morgan fingerprint density at radius 3 is 2.61 bits per heavy atom. The number of hydrogen-bond acceptors (Lipinski definition) is 3. The number of rotatable bonds is 7. The van der Waals surface area contributed by atoms with E-state index in [9.17, 15) is 0 Å². The highest BCUT2D eigenvalue weighted by molar-refractivity contribution is 4.88. The molecular weight excluding hydrogens is 224 g/mol. The van der Waals surface area contributed by atoms with Crippen molar-refractivity contribution in [1.82, 2.24) is 10.2 Å². The molecule has 0 spiro atoms. The van der Waals surface area contributed by atoms with Crippen molar-refractivity contribution in [2.45, 2.75) is 58.0 Å². The van der Waals surface area contributed by atoms with Gasteiger partial charge in [0.15, 0.2) is 0 Å². The van der Waals surface area contributed by atoms with Gasteiger partial charge in [0.05, 0.1) is 0 Å². The largest absolute Gasteiger partial charge is 0.396 e. The van der Waals surface area contributed by atoms with E-state index in [1.807, 2.05) is 0 Å². The second kappa shape index (κ2) is 6.88. The summed E-state index contributed by atoms with van der Waals surface area (Å²) in [6.07, 6.45) is 6.61. The molecule has 18 heavy (non-hydrogen) atoms. The van der Waals surface area contributed by atoms with Crippen LogP contribution < -0.4 is 5.32 Å². The maximum absolute atomic E-state index is 8.86. The van der Waals surface area contributed by atoms with Crippen molar-refractivity contribution >= 4 is 0 Å².